The van der Waals surface area contributed by atoms with Crippen molar-refractivity contribution in [1.29, 1.82) is 0 Å². The number of rotatable bonds is 1. The molecular weight excluding hydrogens is 257 g/mol. The van der Waals surface area contributed by atoms with Gasteiger partial charge in [-0.2, -0.15) is 0 Å². The minimum Gasteiger partial charge on any atom is -0.454 e. The Morgan fingerprint density at radius 1 is 1.10 bits per heavy atom. The quantitative estimate of drug-likeness (QED) is 0.865. The normalized spacial score (nSPS) is 19.8. The Bertz CT molecular complexity index is 672. The number of fused-ring (bicyclic) bond motifs is 2. The van der Waals surface area contributed by atoms with Gasteiger partial charge in [0.15, 0.2) is 11.5 Å². The van der Waals surface area contributed by atoms with Crippen molar-refractivity contribution in [2.75, 3.05) is 13.3 Å². The van der Waals surface area contributed by atoms with E-state index in [1.54, 1.807) is 12.1 Å². The van der Waals surface area contributed by atoms with Gasteiger partial charge in [-0.25, -0.2) is 4.39 Å². The van der Waals surface area contributed by atoms with E-state index >= 15 is 0 Å². The van der Waals surface area contributed by atoms with E-state index < -0.39 is 0 Å². The number of halogens is 1. The maximum absolute atomic E-state index is 13.4. The molecule has 2 aromatic carbocycles. The molecule has 3 nitrogen and oxygen atoms in total. The zero-order valence-corrected chi connectivity index (χ0v) is 10.9. The van der Waals surface area contributed by atoms with E-state index in [0.717, 1.165) is 35.6 Å². The smallest absolute Gasteiger partial charge is 0.231 e. The lowest BCUT2D eigenvalue weighted by atomic mass is 9.89. The lowest BCUT2D eigenvalue weighted by Gasteiger charge is -2.27. The van der Waals surface area contributed by atoms with E-state index in [2.05, 4.69) is 5.32 Å². The molecule has 0 saturated heterocycles. The molecule has 0 radical (unpaired) electrons. The minimum absolute atomic E-state index is 0.00366. The van der Waals surface area contributed by atoms with Crippen LogP contribution in [0.4, 0.5) is 4.39 Å². The third-order valence-corrected chi connectivity index (χ3v) is 3.87. The van der Waals surface area contributed by atoms with Gasteiger partial charge in [-0.05, 0) is 47.4 Å². The predicted molar refractivity (Wildman–Crippen MR) is 72.5 cm³/mol. The lowest BCUT2D eigenvalue weighted by Crippen LogP contribution is -2.30. The molecule has 2 aliphatic rings. The van der Waals surface area contributed by atoms with E-state index in [4.69, 9.17) is 9.47 Å². The Morgan fingerprint density at radius 3 is 2.80 bits per heavy atom. The van der Waals surface area contributed by atoms with Crippen LogP contribution in [0.1, 0.15) is 22.7 Å². The van der Waals surface area contributed by atoms with Crippen molar-refractivity contribution in [3.63, 3.8) is 0 Å². The highest BCUT2D eigenvalue weighted by Gasteiger charge is 2.25. The highest BCUT2D eigenvalue weighted by Crippen LogP contribution is 2.39. The maximum atomic E-state index is 13.4. The minimum atomic E-state index is -0.211. The van der Waals surface area contributed by atoms with Crippen molar-refractivity contribution >= 4 is 0 Å². The molecule has 0 aliphatic carbocycles. The van der Waals surface area contributed by atoms with Crippen molar-refractivity contribution in [3.8, 4) is 11.5 Å². The molecule has 1 unspecified atom stereocenters. The van der Waals surface area contributed by atoms with Gasteiger partial charge in [-0.1, -0.05) is 12.1 Å². The van der Waals surface area contributed by atoms with Crippen LogP contribution in [0.15, 0.2) is 36.4 Å². The first-order valence-corrected chi connectivity index (χ1v) is 6.72. The van der Waals surface area contributed by atoms with Crippen LogP contribution in [0, 0.1) is 5.82 Å². The molecule has 1 N–H and O–H groups in total. The molecule has 0 spiro atoms. The molecule has 20 heavy (non-hydrogen) atoms. The van der Waals surface area contributed by atoms with Gasteiger partial charge in [0.05, 0.1) is 6.04 Å². The summed E-state index contributed by atoms with van der Waals surface area (Å²) in [6, 6.07) is 10.8. The van der Waals surface area contributed by atoms with Gasteiger partial charge in [-0.3, -0.25) is 0 Å². The second-order valence-electron chi connectivity index (χ2n) is 5.10. The van der Waals surface area contributed by atoms with Crippen LogP contribution in [-0.4, -0.2) is 13.3 Å². The molecule has 2 heterocycles. The average Bonchev–Trinajstić information content (AvgIpc) is 2.91. The summed E-state index contributed by atoms with van der Waals surface area (Å²) in [4.78, 5) is 0. The molecular formula is C16H14FNO2. The zero-order chi connectivity index (χ0) is 13.5. The first-order valence-electron chi connectivity index (χ1n) is 6.72. The van der Waals surface area contributed by atoms with Gasteiger partial charge in [-0.15, -0.1) is 0 Å². The van der Waals surface area contributed by atoms with Crippen LogP contribution in [0.25, 0.3) is 0 Å². The van der Waals surface area contributed by atoms with Gasteiger partial charge in [0.1, 0.15) is 5.82 Å². The molecule has 0 saturated carbocycles. The Kier molecular flexibility index (Phi) is 2.63. The number of ether oxygens (including phenoxy) is 2. The van der Waals surface area contributed by atoms with Gasteiger partial charge in [0.25, 0.3) is 0 Å². The third-order valence-electron chi connectivity index (χ3n) is 3.87. The largest absolute Gasteiger partial charge is 0.454 e. The van der Waals surface area contributed by atoms with Gasteiger partial charge in [0.2, 0.25) is 6.79 Å². The van der Waals surface area contributed by atoms with E-state index in [0.29, 0.717) is 0 Å². The van der Waals surface area contributed by atoms with E-state index in [1.807, 2.05) is 18.2 Å². The second kappa shape index (κ2) is 4.49. The van der Waals surface area contributed by atoms with E-state index in [1.165, 1.54) is 11.6 Å². The molecule has 102 valence electrons. The highest BCUT2D eigenvalue weighted by molar-refractivity contribution is 5.52. The Labute approximate surface area is 116 Å². The topological polar surface area (TPSA) is 30.5 Å². The molecule has 2 aromatic rings. The third kappa shape index (κ3) is 1.84. The number of nitrogens with one attached hydrogen (secondary N) is 1. The molecule has 1 atom stereocenters. The summed E-state index contributed by atoms with van der Waals surface area (Å²) in [5.74, 6) is 1.37. The van der Waals surface area contributed by atoms with Crippen molar-refractivity contribution in [2.24, 2.45) is 0 Å². The highest BCUT2D eigenvalue weighted by atomic mass is 19.1. The Hall–Kier alpha value is -2.07. The first-order chi connectivity index (χ1) is 9.81. The standard InChI is InChI=1S/C16H14FNO2/c17-12-3-1-2-11(6-12)16-13-8-15-14(19-9-20-15)7-10(13)4-5-18-16/h1-3,6-8,16,18H,4-5,9H2. The van der Waals surface area contributed by atoms with Gasteiger partial charge >= 0.3 is 0 Å². The maximum Gasteiger partial charge on any atom is 0.231 e. The number of hydrogen-bond acceptors (Lipinski definition) is 3. The Balaban J connectivity index is 1.82. The fourth-order valence-corrected chi connectivity index (χ4v) is 2.93. The van der Waals surface area contributed by atoms with Crippen molar-refractivity contribution in [1.82, 2.24) is 5.32 Å². The monoisotopic (exact) mass is 271 g/mol. The van der Waals surface area contributed by atoms with Crippen molar-refractivity contribution in [3.05, 3.63) is 58.9 Å². The summed E-state index contributed by atoms with van der Waals surface area (Å²) in [6.45, 7) is 1.14. The molecule has 4 rings (SSSR count). The fraction of sp³-hybridized carbons (Fsp3) is 0.250. The first kappa shape index (κ1) is 11.7. The fourth-order valence-electron chi connectivity index (χ4n) is 2.93. The van der Waals surface area contributed by atoms with Crippen LogP contribution < -0.4 is 14.8 Å². The Morgan fingerprint density at radius 2 is 1.95 bits per heavy atom. The molecule has 0 amide bonds. The zero-order valence-electron chi connectivity index (χ0n) is 10.9. The van der Waals surface area contributed by atoms with Crippen LogP contribution in [0.3, 0.4) is 0 Å². The molecule has 2 aliphatic heterocycles. The van der Waals surface area contributed by atoms with Gasteiger partial charge in [0, 0.05) is 6.54 Å². The van der Waals surface area contributed by atoms with Crippen LogP contribution in [0.2, 0.25) is 0 Å². The molecule has 4 heteroatoms. The summed E-state index contributed by atoms with van der Waals surface area (Å²) in [5.41, 5.74) is 3.32. The summed E-state index contributed by atoms with van der Waals surface area (Å²) < 4.78 is 24.3. The number of benzene rings is 2. The molecule has 0 fully saturated rings. The van der Waals surface area contributed by atoms with Crippen LogP contribution >= 0.6 is 0 Å². The van der Waals surface area contributed by atoms with Crippen LogP contribution in [0.5, 0.6) is 11.5 Å². The summed E-state index contributed by atoms with van der Waals surface area (Å²) in [6.07, 6.45) is 0.942. The van der Waals surface area contributed by atoms with Crippen molar-refractivity contribution < 1.29 is 13.9 Å². The van der Waals surface area contributed by atoms with E-state index in [-0.39, 0.29) is 18.7 Å². The van der Waals surface area contributed by atoms with Crippen molar-refractivity contribution in [2.45, 2.75) is 12.5 Å². The average molecular weight is 271 g/mol. The SMILES string of the molecule is Fc1cccc(C2NCCc3cc4c(cc32)OCO4)c1. The summed E-state index contributed by atoms with van der Waals surface area (Å²) >= 11 is 0. The lowest BCUT2D eigenvalue weighted by molar-refractivity contribution is 0.174. The van der Waals surface area contributed by atoms with E-state index in [9.17, 15) is 4.39 Å². The van der Waals surface area contributed by atoms with Crippen LogP contribution in [-0.2, 0) is 6.42 Å². The number of hydrogen-bond donors (Lipinski definition) is 1. The molecule has 0 bridgehead atoms. The second-order valence-corrected chi connectivity index (χ2v) is 5.10. The van der Waals surface area contributed by atoms with Gasteiger partial charge < -0.3 is 14.8 Å². The predicted octanol–water partition coefficient (Wildman–Crippen LogP) is 2.79. The summed E-state index contributed by atoms with van der Waals surface area (Å²) in [5, 5.41) is 3.45. The molecule has 0 aromatic heterocycles. The summed E-state index contributed by atoms with van der Waals surface area (Å²) in [7, 11) is 0.